The van der Waals surface area contributed by atoms with E-state index < -0.39 is 0 Å². The van der Waals surface area contributed by atoms with Gasteiger partial charge < -0.3 is 3.90 Å². The molecule has 0 spiro atoms. The molecular formula is C6H15NSi3. The first-order chi connectivity index (χ1) is 4.85. The molecule has 0 aliphatic carbocycles. The summed E-state index contributed by atoms with van der Waals surface area (Å²) in [5.41, 5.74) is 0. The van der Waals surface area contributed by atoms with Crippen molar-refractivity contribution in [2.75, 3.05) is 0 Å². The Balaban J connectivity index is 3.30. The van der Waals surface area contributed by atoms with Crippen molar-refractivity contribution in [1.29, 1.82) is 0 Å². The second kappa shape index (κ2) is 7.71. The van der Waals surface area contributed by atoms with Crippen molar-refractivity contribution >= 4 is 29.0 Å². The van der Waals surface area contributed by atoms with Crippen LogP contribution < -0.4 is 0 Å². The van der Waals surface area contributed by atoms with Crippen LogP contribution in [-0.2, 0) is 0 Å². The summed E-state index contributed by atoms with van der Waals surface area (Å²) >= 11 is 0. The van der Waals surface area contributed by atoms with Crippen molar-refractivity contribution in [2.24, 2.45) is 0 Å². The highest BCUT2D eigenvalue weighted by molar-refractivity contribution is 6.65. The van der Waals surface area contributed by atoms with E-state index >= 15 is 0 Å². The largest absolute Gasteiger partial charge is 0.374 e. The molecule has 0 heterocycles. The summed E-state index contributed by atoms with van der Waals surface area (Å²) in [7, 11) is 3.23. The average Bonchev–Trinajstić information content (AvgIpc) is 1.90. The van der Waals surface area contributed by atoms with Gasteiger partial charge in [0.25, 0.3) is 0 Å². The van der Waals surface area contributed by atoms with E-state index in [9.17, 15) is 0 Å². The van der Waals surface area contributed by atoms with Gasteiger partial charge in [-0.1, -0.05) is 38.9 Å². The van der Waals surface area contributed by atoms with Crippen LogP contribution >= 0.6 is 0 Å². The highest BCUT2D eigenvalue weighted by Crippen LogP contribution is 1.89. The van der Waals surface area contributed by atoms with Gasteiger partial charge in [-0.15, -0.1) is 0 Å². The van der Waals surface area contributed by atoms with E-state index in [-0.39, 0.29) is 0 Å². The topological polar surface area (TPSA) is 3.24 Å². The van der Waals surface area contributed by atoms with Crippen LogP contribution in [0.2, 0.25) is 18.1 Å². The minimum Gasteiger partial charge on any atom is -0.374 e. The third-order valence-corrected chi connectivity index (χ3v) is 5.69. The van der Waals surface area contributed by atoms with Crippen molar-refractivity contribution in [2.45, 2.75) is 38.9 Å². The third-order valence-electron chi connectivity index (χ3n) is 0.949. The molecule has 0 unspecified atom stereocenters. The molecule has 10 heavy (non-hydrogen) atoms. The van der Waals surface area contributed by atoms with Crippen molar-refractivity contribution in [3.05, 3.63) is 0 Å². The number of rotatable bonds is 6. The molecule has 0 N–H and O–H groups in total. The molecule has 0 amide bonds. The quantitative estimate of drug-likeness (QED) is 0.566. The summed E-state index contributed by atoms with van der Waals surface area (Å²) in [6, 6.07) is 4.00. The Morgan fingerprint density at radius 1 is 0.800 bits per heavy atom. The van der Waals surface area contributed by atoms with Crippen LogP contribution in [0, 0.1) is 0 Å². The van der Waals surface area contributed by atoms with Gasteiger partial charge in [-0.05, 0) is 0 Å². The molecule has 6 radical (unpaired) electrons. The van der Waals surface area contributed by atoms with Crippen LogP contribution in [-0.4, -0.2) is 32.9 Å². The van der Waals surface area contributed by atoms with Gasteiger partial charge in [0.1, 0.15) is 29.0 Å². The van der Waals surface area contributed by atoms with Crippen molar-refractivity contribution in [3.8, 4) is 0 Å². The van der Waals surface area contributed by atoms with Gasteiger partial charge >= 0.3 is 0 Å². The Morgan fingerprint density at radius 3 is 1.30 bits per heavy atom. The van der Waals surface area contributed by atoms with Crippen molar-refractivity contribution in [3.63, 3.8) is 0 Å². The smallest absolute Gasteiger partial charge is 0.126 e. The average molecular weight is 185 g/mol. The van der Waals surface area contributed by atoms with Crippen LogP contribution in [0.3, 0.4) is 0 Å². The van der Waals surface area contributed by atoms with E-state index in [1.807, 2.05) is 0 Å². The number of hydrogen-bond donors (Lipinski definition) is 0. The van der Waals surface area contributed by atoms with Crippen LogP contribution in [0.15, 0.2) is 0 Å². The van der Waals surface area contributed by atoms with E-state index in [4.69, 9.17) is 0 Å². The maximum atomic E-state index is 2.62. The minimum atomic E-state index is 1.08. The molecule has 0 atom stereocenters. The molecule has 0 saturated heterocycles. The highest BCUT2D eigenvalue weighted by atomic mass is 28.4. The summed E-state index contributed by atoms with van der Waals surface area (Å²) in [5.74, 6) is 0. The van der Waals surface area contributed by atoms with Crippen LogP contribution in [0.1, 0.15) is 20.8 Å². The maximum absolute atomic E-state index is 2.62. The molecule has 0 aliphatic rings. The Bertz CT molecular complexity index is 55.7. The lowest BCUT2D eigenvalue weighted by Crippen LogP contribution is -2.33. The van der Waals surface area contributed by atoms with E-state index in [0.717, 1.165) is 29.0 Å². The molecule has 1 nitrogen and oxygen atoms in total. The van der Waals surface area contributed by atoms with Gasteiger partial charge in [0.2, 0.25) is 0 Å². The Hall–Kier alpha value is 0.611. The molecule has 0 aromatic heterocycles. The first kappa shape index (κ1) is 10.6. The zero-order chi connectivity index (χ0) is 7.82. The molecule has 56 valence electrons. The van der Waals surface area contributed by atoms with Gasteiger partial charge in [-0.3, -0.25) is 0 Å². The molecule has 0 aromatic carbocycles. The first-order valence-electron chi connectivity index (χ1n) is 3.85. The Kier molecular flexibility index (Phi) is 8.19. The zero-order valence-corrected chi connectivity index (χ0v) is 10.1. The SMILES string of the molecule is CC[Si]N([Si]CC)[Si]CC. The molecule has 4 heteroatoms. The lowest BCUT2D eigenvalue weighted by molar-refractivity contribution is 1.03. The normalized spacial score (nSPS) is 10.8. The number of nitrogens with zero attached hydrogens (tertiary/aromatic N) is 1. The molecule has 0 aliphatic heterocycles. The van der Waals surface area contributed by atoms with E-state index in [2.05, 4.69) is 24.7 Å². The van der Waals surface area contributed by atoms with Gasteiger partial charge in [-0.2, -0.15) is 0 Å². The second-order valence-electron chi connectivity index (χ2n) is 1.87. The lowest BCUT2D eigenvalue weighted by atomic mass is 11.0. The third kappa shape index (κ3) is 5.40. The summed E-state index contributed by atoms with van der Waals surface area (Å²) in [6.45, 7) is 6.81. The molecule has 0 fully saturated rings. The van der Waals surface area contributed by atoms with E-state index in [1.54, 1.807) is 0 Å². The van der Waals surface area contributed by atoms with E-state index in [1.165, 1.54) is 18.1 Å². The van der Waals surface area contributed by atoms with Crippen LogP contribution in [0.5, 0.6) is 0 Å². The lowest BCUT2D eigenvalue weighted by Gasteiger charge is -2.16. The highest BCUT2D eigenvalue weighted by Gasteiger charge is 2.02. The van der Waals surface area contributed by atoms with Crippen molar-refractivity contribution < 1.29 is 0 Å². The molecule has 0 bridgehead atoms. The summed E-state index contributed by atoms with van der Waals surface area (Å²) in [6.07, 6.45) is 0. The molecule has 0 aromatic rings. The fraction of sp³-hybridized carbons (Fsp3) is 1.00. The van der Waals surface area contributed by atoms with Gasteiger partial charge in [0, 0.05) is 0 Å². The summed E-state index contributed by atoms with van der Waals surface area (Å²) < 4.78 is 2.62. The fourth-order valence-corrected chi connectivity index (χ4v) is 5.78. The van der Waals surface area contributed by atoms with Gasteiger partial charge in [0.05, 0.1) is 0 Å². The monoisotopic (exact) mass is 185 g/mol. The van der Waals surface area contributed by atoms with Crippen molar-refractivity contribution in [1.82, 2.24) is 3.90 Å². The maximum Gasteiger partial charge on any atom is 0.126 e. The van der Waals surface area contributed by atoms with E-state index in [0.29, 0.717) is 0 Å². The first-order valence-corrected chi connectivity index (χ1v) is 7.32. The minimum absolute atomic E-state index is 1.08. The zero-order valence-electron chi connectivity index (χ0n) is 7.07. The Labute approximate surface area is 72.3 Å². The molecule has 0 rings (SSSR count). The van der Waals surface area contributed by atoms with Gasteiger partial charge in [0.15, 0.2) is 0 Å². The standard InChI is InChI=1S/C6H15NSi3/c1-4-8-7(9-5-2)10-6-3/h4-6H2,1-3H3. The molecular weight excluding hydrogens is 170 g/mol. The summed E-state index contributed by atoms with van der Waals surface area (Å²) in [4.78, 5) is 0. The summed E-state index contributed by atoms with van der Waals surface area (Å²) in [5, 5.41) is 0. The van der Waals surface area contributed by atoms with Gasteiger partial charge in [-0.25, -0.2) is 0 Å². The second-order valence-corrected chi connectivity index (χ2v) is 7.62. The fourth-order valence-electron chi connectivity index (χ4n) is 0.642. The van der Waals surface area contributed by atoms with Crippen LogP contribution in [0.25, 0.3) is 0 Å². The molecule has 0 saturated carbocycles. The van der Waals surface area contributed by atoms with Crippen LogP contribution in [0.4, 0.5) is 0 Å². The number of hydrogen-bond acceptors (Lipinski definition) is 1. The predicted octanol–water partition coefficient (Wildman–Crippen LogP) is 1.46. The Morgan fingerprint density at radius 2 is 1.10 bits per heavy atom. The predicted molar refractivity (Wildman–Crippen MR) is 50.5 cm³/mol.